The number of nitrogens with zero attached hydrogens (tertiary/aromatic N) is 4. The van der Waals surface area contributed by atoms with Crippen LogP contribution in [0.4, 0.5) is 0 Å². The van der Waals surface area contributed by atoms with Crippen LogP contribution in [0.1, 0.15) is 56.0 Å². The average molecular weight is 526 g/mol. The maximum atomic E-state index is 6.13. The van der Waals surface area contributed by atoms with Gasteiger partial charge in [0.05, 0.1) is 12.2 Å². The van der Waals surface area contributed by atoms with Gasteiger partial charge in [-0.15, -0.1) is 24.0 Å². The van der Waals surface area contributed by atoms with Crippen molar-refractivity contribution in [1.29, 1.82) is 0 Å². The number of aryl methyl sites for hydroxylation is 3. The number of hydrogen-bond acceptors (Lipinski definition) is 4. The zero-order valence-electron chi connectivity index (χ0n) is 18.4. The molecule has 2 aromatic heterocycles. The summed E-state index contributed by atoms with van der Waals surface area (Å²) in [6, 6.07) is 6.10. The van der Waals surface area contributed by atoms with E-state index in [1.165, 1.54) is 18.5 Å². The molecule has 0 spiro atoms. The molecule has 2 heterocycles. The average Bonchev–Trinajstić information content (AvgIpc) is 3.33. The van der Waals surface area contributed by atoms with Crippen molar-refractivity contribution >= 4 is 29.9 Å². The van der Waals surface area contributed by atoms with Crippen LogP contribution in [-0.2, 0) is 13.1 Å². The molecule has 0 aromatic carbocycles. The second-order valence-electron chi connectivity index (χ2n) is 7.62. The highest BCUT2D eigenvalue weighted by atomic mass is 127. The van der Waals surface area contributed by atoms with Crippen LogP contribution in [0, 0.1) is 13.8 Å². The van der Waals surface area contributed by atoms with E-state index in [4.69, 9.17) is 9.73 Å². The van der Waals surface area contributed by atoms with Gasteiger partial charge in [0, 0.05) is 37.1 Å². The molecule has 8 heteroatoms. The molecule has 3 rings (SSSR count). The molecule has 0 radical (unpaired) electrons. The Balaban J connectivity index is 0.00000320. The maximum absolute atomic E-state index is 6.13. The van der Waals surface area contributed by atoms with E-state index < -0.39 is 0 Å². The van der Waals surface area contributed by atoms with E-state index in [0.29, 0.717) is 12.6 Å². The minimum atomic E-state index is 0. The molecule has 1 saturated carbocycles. The smallest absolute Gasteiger partial charge is 0.218 e. The Morgan fingerprint density at radius 2 is 2.07 bits per heavy atom. The van der Waals surface area contributed by atoms with Crippen molar-refractivity contribution in [2.45, 2.75) is 72.1 Å². The first-order valence-electron chi connectivity index (χ1n) is 10.8. The number of ether oxygens (including phenoxy) is 1. The van der Waals surface area contributed by atoms with E-state index in [0.717, 1.165) is 62.0 Å². The molecular formula is C22H35IN6O. The van der Waals surface area contributed by atoms with Crippen molar-refractivity contribution in [2.24, 2.45) is 4.99 Å². The number of hydrogen-bond donors (Lipinski definition) is 2. The Labute approximate surface area is 197 Å². The van der Waals surface area contributed by atoms with Crippen molar-refractivity contribution < 1.29 is 4.74 Å². The summed E-state index contributed by atoms with van der Waals surface area (Å²) in [4.78, 5) is 9.18. The molecule has 2 aromatic rings. The Bertz CT molecular complexity index is 801. The number of rotatable bonds is 9. The Kier molecular flexibility index (Phi) is 10.4. The van der Waals surface area contributed by atoms with E-state index in [2.05, 4.69) is 45.3 Å². The van der Waals surface area contributed by atoms with Crippen molar-refractivity contribution in [3.63, 3.8) is 0 Å². The van der Waals surface area contributed by atoms with Crippen LogP contribution in [0.5, 0.6) is 5.88 Å². The Morgan fingerprint density at radius 1 is 1.27 bits per heavy atom. The highest BCUT2D eigenvalue weighted by Crippen LogP contribution is 2.25. The lowest BCUT2D eigenvalue weighted by molar-refractivity contribution is 0.199. The summed E-state index contributed by atoms with van der Waals surface area (Å²) in [5.74, 6) is 1.54. The number of pyridine rings is 1. The molecule has 30 heavy (non-hydrogen) atoms. The topological polar surface area (TPSA) is 76.4 Å². The molecule has 1 fully saturated rings. The largest absolute Gasteiger partial charge is 0.474 e. The maximum Gasteiger partial charge on any atom is 0.218 e. The van der Waals surface area contributed by atoms with Gasteiger partial charge >= 0.3 is 0 Å². The molecule has 1 aliphatic carbocycles. The molecule has 1 aliphatic rings. The second kappa shape index (κ2) is 12.8. The van der Waals surface area contributed by atoms with Gasteiger partial charge in [-0.25, -0.2) is 9.98 Å². The molecule has 166 valence electrons. The van der Waals surface area contributed by atoms with E-state index in [1.54, 1.807) is 6.20 Å². The van der Waals surface area contributed by atoms with Crippen molar-refractivity contribution in [3.8, 4) is 5.88 Å². The highest BCUT2D eigenvalue weighted by Gasteiger charge is 2.18. The predicted molar refractivity (Wildman–Crippen MR) is 132 cm³/mol. The van der Waals surface area contributed by atoms with Gasteiger partial charge in [0.25, 0.3) is 0 Å². The number of halogens is 1. The zero-order chi connectivity index (χ0) is 20.5. The fourth-order valence-corrected chi connectivity index (χ4v) is 3.66. The SMILES string of the molecule is CCNC(=NCc1cccnc1OC1CCCC1)NCCCn1nc(C)cc1C.I. The third kappa shape index (κ3) is 7.45. The first kappa shape index (κ1) is 24.4. The zero-order valence-corrected chi connectivity index (χ0v) is 20.7. The Hall–Kier alpha value is -1.84. The van der Waals surface area contributed by atoms with Crippen molar-refractivity contribution in [2.75, 3.05) is 13.1 Å². The van der Waals surface area contributed by atoms with Crippen LogP contribution in [-0.4, -0.2) is 39.9 Å². The molecule has 0 unspecified atom stereocenters. The summed E-state index contributed by atoms with van der Waals surface area (Å²) in [5.41, 5.74) is 3.30. The first-order chi connectivity index (χ1) is 14.2. The molecule has 0 saturated heterocycles. The molecule has 0 bridgehead atoms. The fourth-order valence-electron chi connectivity index (χ4n) is 3.66. The van der Waals surface area contributed by atoms with E-state index in [1.807, 2.05) is 19.1 Å². The van der Waals surface area contributed by atoms with Gasteiger partial charge in [0.15, 0.2) is 5.96 Å². The highest BCUT2D eigenvalue weighted by molar-refractivity contribution is 14.0. The third-order valence-corrected chi connectivity index (χ3v) is 5.12. The minimum absolute atomic E-state index is 0. The fraction of sp³-hybridized carbons (Fsp3) is 0.591. The molecular weight excluding hydrogens is 491 g/mol. The van der Waals surface area contributed by atoms with Gasteiger partial charge < -0.3 is 15.4 Å². The van der Waals surface area contributed by atoms with Crippen LogP contribution in [0.15, 0.2) is 29.4 Å². The monoisotopic (exact) mass is 526 g/mol. The van der Waals surface area contributed by atoms with Gasteiger partial charge in [-0.3, -0.25) is 4.68 Å². The normalized spacial score (nSPS) is 14.4. The van der Waals surface area contributed by atoms with Crippen molar-refractivity contribution in [3.05, 3.63) is 41.3 Å². The lowest BCUT2D eigenvalue weighted by atomic mass is 10.2. The van der Waals surface area contributed by atoms with E-state index >= 15 is 0 Å². The molecule has 7 nitrogen and oxygen atoms in total. The quantitative estimate of drug-likeness (QED) is 0.224. The summed E-state index contributed by atoms with van der Waals surface area (Å²) in [6.07, 6.45) is 7.81. The van der Waals surface area contributed by atoms with E-state index in [-0.39, 0.29) is 24.0 Å². The van der Waals surface area contributed by atoms with Crippen molar-refractivity contribution in [1.82, 2.24) is 25.4 Å². The van der Waals surface area contributed by atoms with Gasteiger partial charge in [-0.1, -0.05) is 6.07 Å². The Morgan fingerprint density at radius 3 is 2.77 bits per heavy atom. The van der Waals surface area contributed by atoms with Crippen LogP contribution >= 0.6 is 24.0 Å². The molecule has 0 amide bonds. The number of aliphatic imine (C=N–C) groups is 1. The third-order valence-electron chi connectivity index (χ3n) is 5.12. The van der Waals surface area contributed by atoms with E-state index in [9.17, 15) is 0 Å². The van der Waals surface area contributed by atoms with Gasteiger partial charge in [0.1, 0.15) is 6.10 Å². The second-order valence-corrected chi connectivity index (χ2v) is 7.62. The standard InChI is InChI=1S/C22H34N6O.HI/c1-4-23-22(25-13-8-14-28-18(3)15-17(2)27-28)26-16-19-9-7-12-24-21(19)29-20-10-5-6-11-20;/h7,9,12,15,20H,4-6,8,10-11,13-14,16H2,1-3H3,(H2,23,25,26);1H. The minimum Gasteiger partial charge on any atom is -0.474 e. The first-order valence-corrected chi connectivity index (χ1v) is 10.8. The summed E-state index contributed by atoms with van der Waals surface area (Å²) in [5, 5.41) is 11.2. The summed E-state index contributed by atoms with van der Waals surface area (Å²) in [6.45, 7) is 9.30. The predicted octanol–water partition coefficient (Wildman–Crippen LogP) is 3.98. The number of aromatic nitrogens is 3. The molecule has 0 atom stereocenters. The van der Waals surface area contributed by atoms with Crippen LogP contribution in [0.2, 0.25) is 0 Å². The summed E-state index contributed by atoms with van der Waals surface area (Å²) < 4.78 is 8.19. The van der Waals surface area contributed by atoms with Crippen LogP contribution in [0.3, 0.4) is 0 Å². The van der Waals surface area contributed by atoms with Gasteiger partial charge in [-0.05, 0) is 65.0 Å². The lowest BCUT2D eigenvalue weighted by Gasteiger charge is -2.15. The van der Waals surface area contributed by atoms with Crippen LogP contribution < -0.4 is 15.4 Å². The molecule has 0 aliphatic heterocycles. The summed E-state index contributed by atoms with van der Waals surface area (Å²) in [7, 11) is 0. The lowest BCUT2D eigenvalue weighted by Crippen LogP contribution is -2.38. The van der Waals surface area contributed by atoms with Gasteiger partial charge in [0.2, 0.25) is 5.88 Å². The number of guanidine groups is 1. The number of nitrogens with one attached hydrogen (secondary N) is 2. The van der Waals surface area contributed by atoms with Crippen LogP contribution in [0.25, 0.3) is 0 Å². The summed E-state index contributed by atoms with van der Waals surface area (Å²) >= 11 is 0. The van der Waals surface area contributed by atoms with Gasteiger partial charge in [-0.2, -0.15) is 5.10 Å². The molecule has 2 N–H and O–H groups in total.